The lowest BCUT2D eigenvalue weighted by Crippen LogP contribution is -2.46. The molecule has 9 heteroatoms. The number of aliphatic imine (C=N–C) groups is 1. The topological polar surface area (TPSA) is 63.6 Å². The molecule has 0 amide bonds. The van der Waals surface area contributed by atoms with E-state index in [1.165, 1.54) is 0 Å². The van der Waals surface area contributed by atoms with Gasteiger partial charge in [-0.25, -0.2) is 9.79 Å². The summed E-state index contributed by atoms with van der Waals surface area (Å²) in [6, 6.07) is 11.7. The van der Waals surface area contributed by atoms with E-state index in [0.717, 1.165) is 74.7 Å². The smallest absolute Gasteiger partial charge is 0.494 e. The second-order valence-corrected chi connectivity index (χ2v) is 11.1. The third-order valence-corrected chi connectivity index (χ3v) is 7.09. The SMILES string of the molecule is CC(C)(C)OC(=O)OC1=Nc2cc(OCCCCN3CCN(c4cccc(Cl)c4Cl)CC3)ccc2CC1. The van der Waals surface area contributed by atoms with E-state index in [1.807, 2.05) is 36.4 Å². The molecule has 37 heavy (non-hydrogen) atoms. The molecule has 0 atom stereocenters. The zero-order valence-corrected chi connectivity index (χ0v) is 23.3. The minimum Gasteiger partial charge on any atom is -0.494 e. The first-order valence-electron chi connectivity index (χ1n) is 12.8. The molecule has 0 aromatic heterocycles. The summed E-state index contributed by atoms with van der Waals surface area (Å²) in [4.78, 5) is 21.3. The van der Waals surface area contributed by atoms with Crippen LogP contribution in [0.25, 0.3) is 0 Å². The Balaban J connectivity index is 1.18. The first-order chi connectivity index (χ1) is 17.7. The highest BCUT2D eigenvalue weighted by Gasteiger charge is 2.22. The van der Waals surface area contributed by atoms with Gasteiger partial charge in [-0.3, -0.25) is 4.90 Å². The lowest BCUT2D eigenvalue weighted by atomic mass is 10.0. The monoisotopic (exact) mass is 547 g/mol. The molecule has 0 aliphatic carbocycles. The number of carbonyl (C=O) groups excluding carboxylic acids is 1. The Labute approximate surface area is 229 Å². The summed E-state index contributed by atoms with van der Waals surface area (Å²) in [5.74, 6) is 1.14. The van der Waals surface area contributed by atoms with Crippen LogP contribution in [0.2, 0.25) is 10.0 Å². The molecular weight excluding hydrogens is 513 g/mol. The van der Waals surface area contributed by atoms with Crippen LogP contribution in [0.15, 0.2) is 41.4 Å². The summed E-state index contributed by atoms with van der Waals surface area (Å²) in [7, 11) is 0. The average Bonchev–Trinajstić information content (AvgIpc) is 2.84. The number of aryl methyl sites for hydroxylation is 1. The molecule has 0 N–H and O–H groups in total. The Morgan fingerprint density at radius 2 is 1.81 bits per heavy atom. The van der Waals surface area contributed by atoms with Crippen molar-refractivity contribution in [3.05, 3.63) is 52.0 Å². The molecule has 0 unspecified atom stereocenters. The van der Waals surface area contributed by atoms with E-state index in [-0.39, 0.29) is 0 Å². The fourth-order valence-corrected chi connectivity index (χ4v) is 4.81. The van der Waals surface area contributed by atoms with Crippen molar-refractivity contribution in [3.8, 4) is 5.75 Å². The maximum atomic E-state index is 12.0. The van der Waals surface area contributed by atoms with E-state index in [0.29, 0.717) is 29.0 Å². The van der Waals surface area contributed by atoms with Gasteiger partial charge in [-0.05, 0) is 70.3 Å². The van der Waals surface area contributed by atoms with E-state index < -0.39 is 11.8 Å². The van der Waals surface area contributed by atoms with Crippen molar-refractivity contribution < 1.29 is 19.0 Å². The number of benzene rings is 2. The van der Waals surface area contributed by atoms with Gasteiger partial charge in [0, 0.05) is 38.7 Å². The molecule has 0 radical (unpaired) electrons. The van der Waals surface area contributed by atoms with E-state index >= 15 is 0 Å². The van der Waals surface area contributed by atoms with Crippen molar-refractivity contribution in [2.24, 2.45) is 4.99 Å². The molecular formula is C28H35Cl2N3O4. The number of carbonyl (C=O) groups is 1. The van der Waals surface area contributed by atoms with Gasteiger partial charge in [0.2, 0.25) is 5.90 Å². The molecule has 0 bridgehead atoms. The van der Waals surface area contributed by atoms with Crippen LogP contribution in [-0.2, 0) is 15.9 Å². The number of anilines is 1. The second kappa shape index (κ2) is 12.4. The number of halogens is 2. The quantitative estimate of drug-likeness (QED) is 0.277. The molecule has 1 fully saturated rings. The Morgan fingerprint density at radius 3 is 2.57 bits per heavy atom. The van der Waals surface area contributed by atoms with Crippen LogP contribution < -0.4 is 9.64 Å². The third kappa shape index (κ3) is 8.00. The van der Waals surface area contributed by atoms with Crippen LogP contribution >= 0.6 is 23.2 Å². The first-order valence-corrected chi connectivity index (χ1v) is 13.6. The summed E-state index contributed by atoms with van der Waals surface area (Å²) < 4.78 is 16.5. The van der Waals surface area contributed by atoms with Crippen molar-refractivity contribution in [1.82, 2.24) is 4.90 Å². The molecule has 2 aromatic carbocycles. The van der Waals surface area contributed by atoms with Gasteiger partial charge in [-0.15, -0.1) is 0 Å². The van der Waals surface area contributed by atoms with Crippen molar-refractivity contribution in [1.29, 1.82) is 0 Å². The highest BCUT2D eigenvalue weighted by molar-refractivity contribution is 6.43. The Morgan fingerprint density at radius 1 is 1.03 bits per heavy atom. The number of hydrogen-bond acceptors (Lipinski definition) is 7. The largest absolute Gasteiger partial charge is 0.515 e. The Kier molecular flexibility index (Phi) is 9.22. The van der Waals surface area contributed by atoms with Gasteiger partial charge in [-0.1, -0.05) is 35.3 Å². The molecule has 2 aliphatic rings. The van der Waals surface area contributed by atoms with Crippen molar-refractivity contribution >= 4 is 46.6 Å². The molecule has 7 nitrogen and oxygen atoms in total. The van der Waals surface area contributed by atoms with Crippen LogP contribution in [0.5, 0.6) is 5.75 Å². The number of ether oxygens (including phenoxy) is 3. The highest BCUT2D eigenvalue weighted by atomic mass is 35.5. The molecule has 0 saturated carbocycles. The van der Waals surface area contributed by atoms with Crippen molar-refractivity contribution in [3.63, 3.8) is 0 Å². The van der Waals surface area contributed by atoms with Crippen LogP contribution in [0, 0.1) is 0 Å². The number of nitrogens with zero attached hydrogens (tertiary/aromatic N) is 3. The van der Waals surface area contributed by atoms with Crippen molar-refractivity contribution in [2.75, 3.05) is 44.2 Å². The van der Waals surface area contributed by atoms with Gasteiger partial charge < -0.3 is 19.1 Å². The van der Waals surface area contributed by atoms with Gasteiger partial charge in [-0.2, -0.15) is 0 Å². The Bertz CT molecular complexity index is 1120. The third-order valence-electron chi connectivity index (χ3n) is 6.28. The van der Waals surface area contributed by atoms with Gasteiger partial charge >= 0.3 is 6.16 Å². The summed E-state index contributed by atoms with van der Waals surface area (Å²) >= 11 is 12.6. The van der Waals surface area contributed by atoms with Crippen LogP contribution in [0.3, 0.4) is 0 Å². The zero-order chi connectivity index (χ0) is 26.4. The zero-order valence-electron chi connectivity index (χ0n) is 21.8. The minimum absolute atomic E-state index is 0.372. The van der Waals surface area contributed by atoms with Gasteiger partial charge in [0.05, 0.1) is 28.0 Å². The first kappa shape index (κ1) is 27.6. The molecule has 4 rings (SSSR count). The van der Waals surface area contributed by atoms with E-state index in [1.54, 1.807) is 20.8 Å². The molecule has 200 valence electrons. The maximum absolute atomic E-state index is 12.0. The summed E-state index contributed by atoms with van der Waals surface area (Å²) in [5, 5.41) is 1.23. The number of piperazine rings is 1. The predicted molar refractivity (Wildman–Crippen MR) is 149 cm³/mol. The highest BCUT2D eigenvalue weighted by Crippen LogP contribution is 2.33. The van der Waals surface area contributed by atoms with E-state index in [9.17, 15) is 4.79 Å². The average molecular weight is 549 g/mol. The molecule has 1 saturated heterocycles. The maximum Gasteiger partial charge on any atom is 0.515 e. The van der Waals surface area contributed by atoms with Crippen LogP contribution in [0.1, 0.15) is 45.6 Å². The van der Waals surface area contributed by atoms with Gasteiger partial charge in [0.25, 0.3) is 0 Å². The summed E-state index contributed by atoms with van der Waals surface area (Å²) in [6.07, 6.45) is 2.63. The number of rotatable bonds is 7. The standard InChI is InChI=1S/C28H35Cl2N3O4/c1-28(2,3)37-27(34)36-25-12-10-20-9-11-21(19-23(20)31-25)35-18-5-4-13-32-14-16-33(17-15-32)24-8-6-7-22(29)26(24)30/h6-9,11,19H,4-5,10,12-18H2,1-3H3. The lowest BCUT2D eigenvalue weighted by Gasteiger charge is -2.36. The summed E-state index contributed by atoms with van der Waals surface area (Å²) in [5.41, 5.74) is 2.30. The lowest BCUT2D eigenvalue weighted by molar-refractivity contribution is 0.0174. The number of hydrogen-bond donors (Lipinski definition) is 0. The van der Waals surface area contributed by atoms with Crippen LogP contribution in [0.4, 0.5) is 16.2 Å². The van der Waals surface area contributed by atoms with Gasteiger partial charge in [0.15, 0.2) is 0 Å². The predicted octanol–water partition coefficient (Wildman–Crippen LogP) is 6.90. The minimum atomic E-state index is -0.725. The molecule has 0 spiro atoms. The molecule has 2 heterocycles. The normalized spacial score (nSPS) is 16.1. The summed E-state index contributed by atoms with van der Waals surface area (Å²) in [6.45, 7) is 11.0. The fourth-order valence-electron chi connectivity index (χ4n) is 4.40. The molecule has 2 aliphatic heterocycles. The van der Waals surface area contributed by atoms with Crippen molar-refractivity contribution in [2.45, 2.75) is 52.1 Å². The van der Waals surface area contributed by atoms with Gasteiger partial charge in [0.1, 0.15) is 11.4 Å². The Hall–Kier alpha value is -2.48. The number of fused-ring (bicyclic) bond motifs is 1. The second-order valence-electron chi connectivity index (χ2n) is 10.3. The van der Waals surface area contributed by atoms with E-state index in [4.69, 9.17) is 37.4 Å². The number of unbranched alkanes of at least 4 members (excludes halogenated alkanes) is 1. The fraction of sp³-hybridized carbons (Fsp3) is 0.500. The van der Waals surface area contributed by atoms with E-state index in [2.05, 4.69) is 14.8 Å². The van der Waals surface area contributed by atoms with Crippen LogP contribution in [-0.4, -0.2) is 61.9 Å². The molecule has 2 aromatic rings.